The van der Waals surface area contributed by atoms with Gasteiger partial charge in [0.1, 0.15) is 0 Å². The molecule has 9 heteroatoms. The van der Waals surface area contributed by atoms with Gasteiger partial charge in [0.2, 0.25) is 5.91 Å². The topological polar surface area (TPSA) is 61.4 Å². The number of amides is 3. The van der Waals surface area contributed by atoms with E-state index in [9.17, 15) is 22.5 Å². The number of carbonyl (C=O) groups excluding carboxylic acids is 2. The van der Waals surface area contributed by atoms with Crippen LogP contribution < -0.4 is 10.6 Å². The normalized spacial score (nSPS) is 22.8. The number of nitrogens with zero attached hydrogens (tertiary/aromatic N) is 1. The van der Waals surface area contributed by atoms with Gasteiger partial charge in [-0.25, -0.2) is 4.79 Å². The first-order valence-corrected chi connectivity index (χ1v) is 6.88. The average Bonchev–Trinajstić information content (AvgIpc) is 3.09. The molecular weight excluding hydrogens is 274 g/mol. The Bertz CT molecular complexity index is 388. The van der Waals surface area contributed by atoms with Gasteiger partial charge in [-0.15, -0.1) is 0 Å². The number of rotatable bonds is 5. The SMILES string of the molecule is O=C(NCCNC(=O)N1CCC([B-](F)(F)F)C1)C1CC1. The van der Waals surface area contributed by atoms with Gasteiger partial charge in [-0.05, 0) is 12.8 Å². The van der Waals surface area contributed by atoms with Crippen LogP contribution in [-0.4, -0.2) is 50.0 Å². The third-order valence-corrected chi connectivity index (χ3v) is 3.70. The van der Waals surface area contributed by atoms with E-state index < -0.39 is 18.8 Å². The molecule has 2 fully saturated rings. The van der Waals surface area contributed by atoms with Gasteiger partial charge in [0.25, 0.3) is 0 Å². The lowest BCUT2D eigenvalue weighted by molar-refractivity contribution is -0.122. The molecule has 0 aromatic rings. The molecule has 0 bridgehead atoms. The fraction of sp³-hybridized carbons (Fsp3) is 0.818. The highest BCUT2D eigenvalue weighted by molar-refractivity contribution is 6.60. The Morgan fingerprint density at radius 3 is 2.30 bits per heavy atom. The summed E-state index contributed by atoms with van der Waals surface area (Å²) in [7, 11) is 0. The van der Waals surface area contributed by atoms with Crippen LogP contribution in [0.4, 0.5) is 17.7 Å². The second-order valence-electron chi connectivity index (χ2n) is 5.42. The number of urea groups is 1. The molecule has 1 saturated carbocycles. The second kappa shape index (κ2) is 5.93. The largest absolute Gasteiger partial charge is 0.483 e. The molecule has 0 aromatic carbocycles. The Morgan fingerprint density at radius 2 is 1.75 bits per heavy atom. The highest BCUT2D eigenvalue weighted by Gasteiger charge is 2.40. The molecule has 0 radical (unpaired) electrons. The third kappa shape index (κ3) is 4.04. The molecule has 20 heavy (non-hydrogen) atoms. The molecule has 1 aliphatic carbocycles. The molecule has 2 rings (SSSR count). The van der Waals surface area contributed by atoms with Crippen molar-refractivity contribution in [3.05, 3.63) is 0 Å². The van der Waals surface area contributed by atoms with E-state index in [1.54, 1.807) is 0 Å². The molecule has 0 aromatic heterocycles. The predicted molar refractivity (Wildman–Crippen MR) is 68.2 cm³/mol. The quantitative estimate of drug-likeness (QED) is 0.590. The van der Waals surface area contributed by atoms with Crippen LogP contribution in [0, 0.1) is 5.92 Å². The molecule has 114 valence electrons. The zero-order valence-electron chi connectivity index (χ0n) is 11.1. The molecule has 1 unspecified atom stereocenters. The van der Waals surface area contributed by atoms with Crippen molar-refractivity contribution in [2.24, 2.45) is 5.92 Å². The van der Waals surface area contributed by atoms with E-state index >= 15 is 0 Å². The molecular formula is C11H18BF3N3O2-. The highest BCUT2D eigenvalue weighted by Crippen LogP contribution is 2.34. The summed E-state index contributed by atoms with van der Waals surface area (Å²) in [5.41, 5.74) is 0. The Morgan fingerprint density at radius 1 is 1.10 bits per heavy atom. The Balaban J connectivity index is 1.61. The standard InChI is InChI=1S/C11H18BF3N3O2/c13-12(14,15)9-3-6-18(7-9)11(20)17-5-4-16-10(19)8-1-2-8/h8-9H,1-7H2,(H,16,19)(H,17,20)/q-1. The molecule has 2 N–H and O–H groups in total. The van der Waals surface area contributed by atoms with Gasteiger partial charge >= 0.3 is 13.0 Å². The maximum Gasteiger partial charge on any atom is 0.483 e. The van der Waals surface area contributed by atoms with Crippen LogP contribution in [0.1, 0.15) is 19.3 Å². The van der Waals surface area contributed by atoms with Crippen LogP contribution >= 0.6 is 0 Å². The molecule has 1 atom stereocenters. The van der Waals surface area contributed by atoms with E-state index in [2.05, 4.69) is 10.6 Å². The Hall–Kier alpha value is -1.41. The van der Waals surface area contributed by atoms with Crippen molar-refractivity contribution in [3.8, 4) is 0 Å². The minimum absolute atomic E-state index is 0.0137. The number of hydrogen-bond acceptors (Lipinski definition) is 2. The van der Waals surface area contributed by atoms with E-state index in [0.29, 0.717) is 6.54 Å². The molecule has 3 amide bonds. The fourth-order valence-corrected chi connectivity index (χ4v) is 2.24. The number of carbonyl (C=O) groups is 2. The van der Waals surface area contributed by atoms with E-state index in [4.69, 9.17) is 0 Å². The van der Waals surface area contributed by atoms with Crippen LogP contribution in [0.25, 0.3) is 0 Å². The lowest BCUT2D eigenvalue weighted by Crippen LogP contribution is -2.42. The van der Waals surface area contributed by atoms with Gasteiger partial charge in [-0.3, -0.25) is 4.79 Å². The monoisotopic (exact) mass is 292 g/mol. The van der Waals surface area contributed by atoms with Crippen LogP contribution in [0.3, 0.4) is 0 Å². The van der Waals surface area contributed by atoms with E-state index in [-0.39, 0.29) is 37.9 Å². The van der Waals surface area contributed by atoms with Crippen molar-refractivity contribution in [2.45, 2.75) is 25.1 Å². The van der Waals surface area contributed by atoms with Crippen molar-refractivity contribution in [1.82, 2.24) is 15.5 Å². The maximum atomic E-state index is 12.5. The van der Waals surface area contributed by atoms with Crippen molar-refractivity contribution in [1.29, 1.82) is 0 Å². The van der Waals surface area contributed by atoms with Crippen molar-refractivity contribution in [3.63, 3.8) is 0 Å². The highest BCUT2D eigenvalue weighted by atomic mass is 19.4. The summed E-state index contributed by atoms with van der Waals surface area (Å²) in [6, 6.07) is -0.492. The van der Waals surface area contributed by atoms with Crippen molar-refractivity contribution >= 4 is 18.9 Å². The van der Waals surface area contributed by atoms with Gasteiger partial charge in [-0.1, -0.05) is 12.2 Å². The first-order valence-electron chi connectivity index (χ1n) is 6.88. The van der Waals surface area contributed by atoms with Gasteiger partial charge in [0.05, 0.1) is 0 Å². The molecule has 5 nitrogen and oxygen atoms in total. The summed E-state index contributed by atoms with van der Waals surface area (Å²) in [4.78, 5) is 24.1. The lowest BCUT2D eigenvalue weighted by atomic mass is 9.72. The zero-order valence-corrected chi connectivity index (χ0v) is 11.1. The molecule has 0 spiro atoms. The summed E-state index contributed by atoms with van der Waals surface area (Å²) in [6.45, 7) is -4.47. The van der Waals surface area contributed by atoms with Crippen molar-refractivity contribution < 1.29 is 22.5 Å². The van der Waals surface area contributed by atoms with Gasteiger partial charge in [0, 0.05) is 32.1 Å². The summed E-state index contributed by atoms with van der Waals surface area (Å²) in [6.07, 6.45) is 1.80. The Labute approximate surface area is 115 Å². The van der Waals surface area contributed by atoms with Crippen LogP contribution in [-0.2, 0) is 4.79 Å². The number of likely N-dealkylation sites (tertiary alicyclic amines) is 1. The summed E-state index contributed by atoms with van der Waals surface area (Å²) < 4.78 is 37.6. The number of nitrogens with one attached hydrogen (secondary N) is 2. The van der Waals surface area contributed by atoms with Crippen LogP contribution in [0.5, 0.6) is 0 Å². The zero-order chi connectivity index (χ0) is 14.8. The van der Waals surface area contributed by atoms with Gasteiger partial charge in [-0.2, -0.15) is 0 Å². The van der Waals surface area contributed by atoms with E-state index in [1.165, 1.54) is 4.90 Å². The lowest BCUT2D eigenvalue weighted by Gasteiger charge is -2.23. The molecule has 1 heterocycles. The van der Waals surface area contributed by atoms with Crippen LogP contribution in [0.15, 0.2) is 0 Å². The maximum absolute atomic E-state index is 12.5. The first kappa shape index (κ1) is 15.0. The minimum atomic E-state index is -4.88. The molecule has 1 aliphatic heterocycles. The molecule has 1 saturated heterocycles. The third-order valence-electron chi connectivity index (χ3n) is 3.70. The summed E-state index contributed by atoms with van der Waals surface area (Å²) in [5, 5.41) is 5.20. The van der Waals surface area contributed by atoms with E-state index in [0.717, 1.165) is 12.8 Å². The second-order valence-corrected chi connectivity index (χ2v) is 5.42. The predicted octanol–water partition coefficient (Wildman–Crippen LogP) is 1.15. The molecule has 2 aliphatic rings. The first-order chi connectivity index (χ1) is 9.38. The van der Waals surface area contributed by atoms with E-state index in [1.807, 2.05) is 0 Å². The number of hydrogen-bond donors (Lipinski definition) is 2. The minimum Gasteiger partial charge on any atom is -0.449 e. The summed E-state index contributed by atoms with van der Waals surface area (Å²) in [5.74, 6) is -1.27. The van der Waals surface area contributed by atoms with Gasteiger partial charge in [0.15, 0.2) is 0 Å². The van der Waals surface area contributed by atoms with Crippen LogP contribution in [0.2, 0.25) is 5.82 Å². The fourth-order valence-electron chi connectivity index (χ4n) is 2.24. The smallest absolute Gasteiger partial charge is 0.449 e. The average molecular weight is 292 g/mol. The Kier molecular flexibility index (Phi) is 4.44. The van der Waals surface area contributed by atoms with Gasteiger partial charge < -0.3 is 28.5 Å². The summed E-state index contributed by atoms with van der Waals surface area (Å²) >= 11 is 0. The van der Waals surface area contributed by atoms with Crippen molar-refractivity contribution in [2.75, 3.05) is 26.2 Å². The number of halogens is 3.